The van der Waals surface area contributed by atoms with E-state index in [2.05, 4.69) is 15.2 Å². The molecule has 0 N–H and O–H groups in total. The van der Waals surface area contributed by atoms with E-state index in [1.54, 1.807) is 33.7 Å². The van der Waals surface area contributed by atoms with Gasteiger partial charge in [-0.1, -0.05) is 24.3 Å². The Morgan fingerprint density at radius 3 is 1.81 bits per heavy atom. The van der Waals surface area contributed by atoms with Crippen molar-refractivity contribution in [3.63, 3.8) is 0 Å². The number of nitrogens with zero attached hydrogens (tertiary/aromatic N) is 4. The fourth-order valence-electron chi connectivity index (χ4n) is 3.01. The highest BCUT2D eigenvalue weighted by Crippen LogP contribution is 2.23. The molecule has 0 fully saturated rings. The van der Waals surface area contributed by atoms with E-state index in [-0.39, 0.29) is 0 Å². The third-order valence-electron chi connectivity index (χ3n) is 4.70. The number of aromatic nitrogens is 3. The summed E-state index contributed by atoms with van der Waals surface area (Å²) < 4.78 is 21.2. The molecule has 3 rings (SSSR count). The lowest BCUT2D eigenvalue weighted by Gasteiger charge is -2.23. The average molecular weight is 437 g/mol. The van der Waals surface area contributed by atoms with Crippen molar-refractivity contribution in [3.05, 3.63) is 71.6 Å². The van der Waals surface area contributed by atoms with Gasteiger partial charge >= 0.3 is 0 Å². The largest absolute Gasteiger partial charge is 0.501 e. The summed E-state index contributed by atoms with van der Waals surface area (Å²) in [5.41, 5.74) is 2.67. The van der Waals surface area contributed by atoms with Crippen LogP contribution in [-0.2, 0) is 17.8 Å². The summed E-state index contributed by atoms with van der Waals surface area (Å²) in [6.45, 7) is 3.63. The molecule has 8 heteroatoms. The Labute approximate surface area is 188 Å². The molecule has 0 aliphatic heterocycles. The Morgan fingerprint density at radius 1 is 0.781 bits per heavy atom. The molecule has 2 aromatic carbocycles. The predicted octanol–water partition coefficient (Wildman–Crippen LogP) is 4.11. The maximum absolute atomic E-state index is 5.45. The van der Waals surface area contributed by atoms with Crippen molar-refractivity contribution >= 4 is 12.0 Å². The molecule has 3 aromatic rings. The van der Waals surface area contributed by atoms with Crippen LogP contribution in [0.4, 0.5) is 5.95 Å². The third-order valence-corrected chi connectivity index (χ3v) is 4.70. The normalized spacial score (nSPS) is 10.8. The van der Waals surface area contributed by atoms with Crippen LogP contribution in [0.2, 0.25) is 0 Å². The molecule has 0 radical (unpaired) electrons. The van der Waals surface area contributed by atoms with E-state index < -0.39 is 0 Å². The van der Waals surface area contributed by atoms with Crippen molar-refractivity contribution < 1.29 is 18.9 Å². The van der Waals surface area contributed by atoms with Crippen molar-refractivity contribution in [1.29, 1.82) is 0 Å². The van der Waals surface area contributed by atoms with Gasteiger partial charge in [0.05, 0.1) is 34.2 Å². The number of benzene rings is 2. The number of rotatable bonds is 11. The van der Waals surface area contributed by atoms with E-state index in [1.807, 2.05) is 60.4 Å². The summed E-state index contributed by atoms with van der Waals surface area (Å²) in [5.74, 6) is 2.45. The molecule has 1 heterocycles. The van der Waals surface area contributed by atoms with Crippen molar-refractivity contribution in [2.75, 3.05) is 32.8 Å². The van der Waals surface area contributed by atoms with Crippen molar-refractivity contribution in [3.8, 4) is 17.4 Å². The van der Waals surface area contributed by atoms with Crippen LogP contribution in [-0.4, -0.2) is 43.1 Å². The molecule has 0 aliphatic carbocycles. The van der Waals surface area contributed by atoms with Gasteiger partial charge in [-0.3, -0.25) is 0 Å². The molecule has 32 heavy (non-hydrogen) atoms. The summed E-state index contributed by atoms with van der Waals surface area (Å²) >= 11 is 0. The highest BCUT2D eigenvalue weighted by Gasteiger charge is 2.16. The highest BCUT2D eigenvalue weighted by molar-refractivity contribution is 5.50. The second-order valence-corrected chi connectivity index (χ2v) is 6.82. The highest BCUT2D eigenvalue weighted by atomic mass is 16.5. The summed E-state index contributed by atoms with van der Waals surface area (Å²) in [6.07, 6.45) is 3.24. The van der Waals surface area contributed by atoms with Crippen LogP contribution >= 0.6 is 0 Å². The number of hydrogen-bond donors (Lipinski definition) is 0. The number of ether oxygens (including phenoxy) is 4. The smallest absolute Gasteiger partial charge is 0.249 e. The van der Waals surface area contributed by atoms with Gasteiger partial charge in [0.2, 0.25) is 11.8 Å². The van der Waals surface area contributed by atoms with E-state index in [0.717, 1.165) is 22.6 Å². The summed E-state index contributed by atoms with van der Waals surface area (Å²) in [6, 6.07) is 15.8. The van der Waals surface area contributed by atoms with Crippen LogP contribution < -0.4 is 19.1 Å². The minimum Gasteiger partial charge on any atom is -0.501 e. The second-order valence-electron chi connectivity index (χ2n) is 6.82. The van der Waals surface area contributed by atoms with Crippen molar-refractivity contribution in [2.45, 2.75) is 20.0 Å². The first kappa shape index (κ1) is 22.9. The topological polar surface area (TPSA) is 78.8 Å². The summed E-state index contributed by atoms with van der Waals surface area (Å²) in [4.78, 5) is 6.64. The molecule has 0 saturated heterocycles. The molecule has 0 bridgehead atoms. The minimum atomic E-state index is 0.375. The zero-order valence-electron chi connectivity index (χ0n) is 18.8. The van der Waals surface area contributed by atoms with E-state index >= 15 is 0 Å². The second kappa shape index (κ2) is 11.5. The van der Waals surface area contributed by atoms with E-state index in [4.69, 9.17) is 18.9 Å². The standard InChI is InChI=1S/C24H28N4O4/c1-5-32-15-14-22-23(31-4)25-24(27-26-22)28(16-18-6-10-20(29-2)11-7-18)17-19-8-12-21(30-3)13-9-19/h6-15H,5,16-17H2,1-4H3. The molecule has 168 valence electrons. The van der Waals surface area contributed by atoms with E-state index in [1.165, 1.54) is 0 Å². The number of anilines is 1. The first-order valence-corrected chi connectivity index (χ1v) is 10.2. The van der Waals surface area contributed by atoms with Gasteiger partial charge in [0, 0.05) is 19.2 Å². The van der Waals surface area contributed by atoms with Crippen LogP contribution in [0, 0.1) is 0 Å². The van der Waals surface area contributed by atoms with E-state index in [9.17, 15) is 0 Å². The maximum Gasteiger partial charge on any atom is 0.249 e. The fourth-order valence-corrected chi connectivity index (χ4v) is 3.01. The van der Waals surface area contributed by atoms with Crippen LogP contribution in [0.15, 0.2) is 54.8 Å². The molecule has 0 atom stereocenters. The third kappa shape index (κ3) is 6.10. The lowest BCUT2D eigenvalue weighted by molar-refractivity contribution is 0.272. The Balaban J connectivity index is 1.90. The van der Waals surface area contributed by atoms with Gasteiger partial charge in [-0.15, -0.1) is 10.2 Å². The maximum atomic E-state index is 5.45. The molecular weight excluding hydrogens is 408 g/mol. The minimum absolute atomic E-state index is 0.375. The molecule has 0 saturated carbocycles. The van der Waals surface area contributed by atoms with Crippen LogP contribution in [0.5, 0.6) is 17.4 Å². The van der Waals surface area contributed by atoms with Crippen LogP contribution in [0.1, 0.15) is 23.7 Å². The van der Waals surface area contributed by atoms with Gasteiger partial charge in [-0.05, 0) is 42.3 Å². The van der Waals surface area contributed by atoms with Gasteiger partial charge in [0.25, 0.3) is 0 Å². The van der Waals surface area contributed by atoms with Gasteiger partial charge < -0.3 is 23.8 Å². The summed E-state index contributed by atoms with van der Waals surface area (Å²) in [5, 5.41) is 8.65. The molecule has 8 nitrogen and oxygen atoms in total. The zero-order valence-corrected chi connectivity index (χ0v) is 18.8. The lowest BCUT2D eigenvalue weighted by Crippen LogP contribution is -2.25. The van der Waals surface area contributed by atoms with Gasteiger partial charge in [0.15, 0.2) is 5.69 Å². The molecular formula is C24H28N4O4. The Bertz CT molecular complexity index is 958. The quantitative estimate of drug-likeness (QED) is 0.416. The molecule has 1 aromatic heterocycles. The number of hydrogen-bond acceptors (Lipinski definition) is 8. The van der Waals surface area contributed by atoms with Crippen LogP contribution in [0.25, 0.3) is 6.08 Å². The predicted molar refractivity (Wildman–Crippen MR) is 123 cm³/mol. The molecule has 0 unspecified atom stereocenters. The molecule has 0 amide bonds. The van der Waals surface area contributed by atoms with E-state index in [0.29, 0.717) is 37.2 Å². The first-order chi connectivity index (χ1) is 15.7. The Morgan fingerprint density at radius 2 is 1.34 bits per heavy atom. The van der Waals surface area contributed by atoms with Gasteiger partial charge in [-0.25, -0.2) is 0 Å². The SMILES string of the molecule is CCOC=Cc1nnc(N(Cc2ccc(OC)cc2)Cc2ccc(OC)cc2)nc1OC. The fraction of sp³-hybridized carbons (Fsp3) is 0.292. The van der Waals surface area contributed by atoms with Crippen molar-refractivity contribution in [2.24, 2.45) is 0 Å². The Kier molecular flexibility index (Phi) is 8.25. The van der Waals surface area contributed by atoms with Crippen LogP contribution in [0.3, 0.4) is 0 Å². The lowest BCUT2D eigenvalue weighted by atomic mass is 10.1. The number of methoxy groups -OCH3 is 3. The molecule has 0 spiro atoms. The van der Waals surface area contributed by atoms with Crippen molar-refractivity contribution in [1.82, 2.24) is 15.2 Å². The first-order valence-electron chi connectivity index (χ1n) is 10.2. The monoisotopic (exact) mass is 436 g/mol. The molecule has 0 aliphatic rings. The zero-order chi connectivity index (χ0) is 22.8. The Hall–Kier alpha value is -3.81. The summed E-state index contributed by atoms with van der Waals surface area (Å²) in [7, 11) is 4.86. The average Bonchev–Trinajstić information content (AvgIpc) is 2.85. The van der Waals surface area contributed by atoms with Gasteiger partial charge in [-0.2, -0.15) is 4.98 Å². The van der Waals surface area contributed by atoms with Gasteiger partial charge in [0.1, 0.15) is 11.5 Å².